The van der Waals surface area contributed by atoms with Gasteiger partial charge in [0.05, 0.1) is 42.7 Å². The lowest BCUT2D eigenvalue weighted by molar-refractivity contribution is -0.162. The molecule has 0 saturated carbocycles. The first-order valence-corrected chi connectivity index (χ1v) is 11.2. The molecule has 0 aliphatic carbocycles. The summed E-state index contributed by atoms with van der Waals surface area (Å²) in [6.45, 7) is 1.28. The van der Waals surface area contributed by atoms with Crippen LogP contribution in [0.5, 0.6) is 23.0 Å². The maximum Gasteiger partial charge on any atom is 0.327 e. The van der Waals surface area contributed by atoms with Crippen LogP contribution in [0.4, 0.5) is 0 Å². The SMILES string of the molecule is COC(=O)C(CCCNCCc1ccc(OC)c(OC)c1)(C(=O)OC)c1ccc(OC)c(OC)c1. The molecule has 1 N–H and O–H groups in total. The minimum atomic E-state index is -1.63. The van der Waals surface area contributed by atoms with Crippen molar-refractivity contribution in [2.45, 2.75) is 24.7 Å². The Kier molecular flexibility index (Phi) is 10.7. The fraction of sp³-hybridized carbons (Fsp3) is 0.462. The van der Waals surface area contributed by atoms with E-state index in [9.17, 15) is 9.59 Å². The van der Waals surface area contributed by atoms with Crippen molar-refractivity contribution >= 4 is 11.9 Å². The van der Waals surface area contributed by atoms with Crippen LogP contribution in [-0.2, 0) is 30.9 Å². The van der Waals surface area contributed by atoms with Gasteiger partial charge in [0.15, 0.2) is 28.4 Å². The largest absolute Gasteiger partial charge is 0.493 e. The van der Waals surface area contributed by atoms with E-state index in [2.05, 4.69) is 5.32 Å². The Balaban J connectivity index is 2.11. The van der Waals surface area contributed by atoms with Gasteiger partial charge < -0.3 is 33.7 Å². The number of ether oxygens (including phenoxy) is 6. The first-order valence-electron chi connectivity index (χ1n) is 11.2. The van der Waals surface area contributed by atoms with E-state index in [0.717, 1.165) is 12.0 Å². The predicted molar refractivity (Wildman–Crippen MR) is 131 cm³/mol. The number of esters is 2. The Morgan fingerprint density at radius 2 is 1.26 bits per heavy atom. The summed E-state index contributed by atoms with van der Waals surface area (Å²) in [4.78, 5) is 25.9. The standard InChI is InChI=1S/C26H35NO8/c1-30-20-10-8-18(16-22(20)32-3)12-15-27-14-7-13-26(24(28)34-5,25(29)35-6)19-9-11-21(31-2)23(17-19)33-4/h8-11,16-17,27H,7,12-15H2,1-6H3. The van der Waals surface area contributed by atoms with E-state index in [-0.39, 0.29) is 6.42 Å². The molecule has 9 heteroatoms. The molecular formula is C26H35NO8. The molecule has 0 unspecified atom stereocenters. The molecule has 0 heterocycles. The predicted octanol–water partition coefficient (Wildman–Crippen LogP) is 2.92. The second-order valence-corrected chi connectivity index (χ2v) is 7.75. The number of carbonyl (C=O) groups excluding carboxylic acids is 2. The second-order valence-electron chi connectivity index (χ2n) is 7.75. The molecule has 0 fully saturated rings. The fourth-order valence-electron chi connectivity index (χ4n) is 3.99. The van der Waals surface area contributed by atoms with Gasteiger partial charge >= 0.3 is 11.9 Å². The van der Waals surface area contributed by atoms with Crippen LogP contribution in [-0.4, -0.2) is 67.7 Å². The quantitative estimate of drug-likeness (QED) is 0.244. The monoisotopic (exact) mass is 489 g/mol. The first kappa shape index (κ1) is 27.8. The molecule has 2 aromatic carbocycles. The van der Waals surface area contributed by atoms with Crippen LogP contribution in [0.15, 0.2) is 36.4 Å². The molecule has 0 amide bonds. The maximum atomic E-state index is 13.0. The zero-order valence-electron chi connectivity index (χ0n) is 21.3. The molecule has 0 saturated heterocycles. The van der Waals surface area contributed by atoms with Gasteiger partial charge in [0.1, 0.15) is 0 Å². The molecule has 0 spiro atoms. The number of hydrogen-bond donors (Lipinski definition) is 1. The summed E-state index contributed by atoms with van der Waals surface area (Å²) in [6, 6.07) is 10.7. The van der Waals surface area contributed by atoms with E-state index in [1.165, 1.54) is 28.4 Å². The van der Waals surface area contributed by atoms with E-state index >= 15 is 0 Å². The highest BCUT2D eigenvalue weighted by Gasteiger charge is 2.50. The fourth-order valence-corrected chi connectivity index (χ4v) is 3.99. The molecule has 35 heavy (non-hydrogen) atoms. The van der Waals surface area contributed by atoms with Gasteiger partial charge in [0.25, 0.3) is 0 Å². The van der Waals surface area contributed by atoms with E-state index in [1.807, 2.05) is 18.2 Å². The van der Waals surface area contributed by atoms with E-state index in [4.69, 9.17) is 28.4 Å². The number of nitrogens with one attached hydrogen (secondary N) is 1. The van der Waals surface area contributed by atoms with Gasteiger partial charge in [-0.05, 0) is 67.7 Å². The number of benzene rings is 2. The Bertz CT molecular complexity index is 975. The number of carbonyl (C=O) groups is 2. The van der Waals surface area contributed by atoms with Crippen LogP contribution in [0.25, 0.3) is 0 Å². The Hall–Kier alpha value is -3.46. The topological polar surface area (TPSA) is 102 Å². The third-order valence-electron chi connectivity index (χ3n) is 5.89. The summed E-state index contributed by atoms with van der Waals surface area (Å²) in [6.07, 6.45) is 1.48. The number of rotatable bonds is 14. The molecule has 0 aliphatic rings. The van der Waals surface area contributed by atoms with Crippen molar-refractivity contribution in [3.8, 4) is 23.0 Å². The lowest BCUT2D eigenvalue weighted by Crippen LogP contribution is -2.46. The second kappa shape index (κ2) is 13.4. The normalized spacial score (nSPS) is 10.9. The molecule has 0 aliphatic heterocycles. The van der Waals surface area contributed by atoms with Crippen LogP contribution in [0.2, 0.25) is 0 Å². The Labute approximate surface area is 206 Å². The van der Waals surface area contributed by atoms with Crippen LogP contribution >= 0.6 is 0 Å². The zero-order valence-corrected chi connectivity index (χ0v) is 21.3. The first-order chi connectivity index (χ1) is 16.9. The van der Waals surface area contributed by atoms with E-state index in [0.29, 0.717) is 48.1 Å². The third-order valence-corrected chi connectivity index (χ3v) is 5.89. The van der Waals surface area contributed by atoms with Gasteiger partial charge in [0.2, 0.25) is 0 Å². The molecule has 9 nitrogen and oxygen atoms in total. The average Bonchev–Trinajstić information content (AvgIpc) is 2.91. The van der Waals surface area contributed by atoms with E-state index < -0.39 is 17.4 Å². The Morgan fingerprint density at radius 1 is 0.714 bits per heavy atom. The lowest BCUT2D eigenvalue weighted by atomic mass is 9.76. The highest BCUT2D eigenvalue weighted by molar-refractivity contribution is 6.06. The van der Waals surface area contributed by atoms with Crippen LogP contribution in [0.1, 0.15) is 24.0 Å². The molecule has 0 radical (unpaired) electrons. The van der Waals surface area contributed by atoms with Crippen LogP contribution in [0.3, 0.4) is 0 Å². The minimum Gasteiger partial charge on any atom is -0.493 e. The van der Waals surface area contributed by atoms with Gasteiger partial charge in [-0.1, -0.05) is 12.1 Å². The molecule has 0 bridgehead atoms. The molecule has 192 valence electrons. The lowest BCUT2D eigenvalue weighted by Gasteiger charge is -2.29. The van der Waals surface area contributed by atoms with Gasteiger partial charge in [-0.3, -0.25) is 9.59 Å². The summed E-state index contributed by atoms with van der Waals surface area (Å²) < 4.78 is 31.4. The van der Waals surface area contributed by atoms with Gasteiger partial charge in [0, 0.05) is 0 Å². The minimum absolute atomic E-state index is 0.186. The van der Waals surface area contributed by atoms with Crippen molar-refractivity contribution in [1.29, 1.82) is 0 Å². The van der Waals surface area contributed by atoms with Gasteiger partial charge in [-0.2, -0.15) is 0 Å². The van der Waals surface area contributed by atoms with Crippen LogP contribution in [0, 0.1) is 0 Å². The number of hydrogen-bond acceptors (Lipinski definition) is 9. The average molecular weight is 490 g/mol. The van der Waals surface area contributed by atoms with Crippen molar-refractivity contribution in [2.75, 3.05) is 55.7 Å². The summed E-state index contributed by atoms with van der Waals surface area (Å²) in [5.74, 6) is 0.859. The Morgan fingerprint density at radius 3 is 1.80 bits per heavy atom. The van der Waals surface area contributed by atoms with Gasteiger partial charge in [-0.15, -0.1) is 0 Å². The maximum absolute atomic E-state index is 13.0. The molecule has 2 aromatic rings. The molecule has 0 atom stereocenters. The smallest absolute Gasteiger partial charge is 0.327 e. The van der Waals surface area contributed by atoms with Crippen molar-refractivity contribution < 1.29 is 38.0 Å². The highest BCUT2D eigenvalue weighted by atomic mass is 16.5. The van der Waals surface area contributed by atoms with Crippen molar-refractivity contribution in [3.63, 3.8) is 0 Å². The molecule has 2 rings (SSSR count). The summed E-state index contributed by atoms with van der Waals surface area (Å²) >= 11 is 0. The van der Waals surface area contributed by atoms with Crippen LogP contribution < -0.4 is 24.3 Å². The van der Waals surface area contributed by atoms with Crippen molar-refractivity contribution in [1.82, 2.24) is 5.32 Å². The summed E-state index contributed by atoms with van der Waals surface area (Å²) in [5, 5.41) is 3.36. The van der Waals surface area contributed by atoms with Crippen molar-refractivity contribution in [3.05, 3.63) is 47.5 Å². The molecule has 0 aromatic heterocycles. The summed E-state index contributed by atoms with van der Waals surface area (Å²) in [7, 11) is 8.71. The molecular weight excluding hydrogens is 454 g/mol. The zero-order chi connectivity index (χ0) is 25.8. The van der Waals surface area contributed by atoms with Gasteiger partial charge in [-0.25, -0.2) is 0 Å². The third kappa shape index (κ3) is 6.36. The van der Waals surface area contributed by atoms with E-state index in [1.54, 1.807) is 32.4 Å². The van der Waals surface area contributed by atoms with Crippen molar-refractivity contribution in [2.24, 2.45) is 0 Å². The number of methoxy groups -OCH3 is 6. The highest BCUT2D eigenvalue weighted by Crippen LogP contribution is 2.38. The summed E-state index contributed by atoms with van der Waals surface area (Å²) in [5.41, 5.74) is -0.119.